The minimum absolute atomic E-state index is 0.0953. The van der Waals surface area contributed by atoms with E-state index in [2.05, 4.69) is 5.32 Å². The lowest BCUT2D eigenvalue weighted by Gasteiger charge is -2.08. The topological polar surface area (TPSA) is 84.9 Å². The summed E-state index contributed by atoms with van der Waals surface area (Å²) in [6.07, 6.45) is 0.887. The van der Waals surface area contributed by atoms with Crippen LogP contribution in [0, 0.1) is 0 Å². The van der Waals surface area contributed by atoms with Gasteiger partial charge in [-0.25, -0.2) is 4.79 Å². The fourth-order valence-corrected chi connectivity index (χ4v) is 2.92. The number of hydrogen-bond acceptors (Lipinski definition) is 5. The van der Waals surface area contributed by atoms with E-state index in [1.165, 1.54) is 6.07 Å². The van der Waals surface area contributed by atoms with Gasteiger partial charge in [-0.1, -0.05) is 0 Å². The van der Waals surface area contributed by atoms with Crippen molar-refractivity contribution in [2.45, 2.75) is 19.4 Å². The van der Waals surface area contributed by atoms with Crippen LogP contribution < -0.4 is 14.8 Å². The summed E-state index contributed by atoms with van der Waals surface area (Å²) in [6.45, 7) is 0.332. The molecule has 0 saturated carbocycles. The highest BCUT2D eigenvalue weighted by atomic mass is 32.1. The van der Waals surface area contributed by atoms with E-state index in [-0.39, 0.29) is 10.8 Å². The van der Waals surface area contributed by atoms with Crippen molar-refractivity contribution in [1.82, 2.24) is 5.32 Å². The van der Waals surface area contributed by atoms with Gasteiger partial charge in [-0.05, 0) is 36.2 Å². The molecule has 2 rings (SSSR count). The van der Waals surface area contributed by atoms with Crippen LogP contribution in [-0.2, 0) is 17.8 Å². The van der Waals surface area contributed by atoms with Gasteiger partial charge in [0, 0.05) is 17.4 Å². The molecule has 0 bridgehead atoms. The van der Waals surface area contributed by atoms with Crippen LogP contribution in [0.1, 0.15) is 26.5 Å². The summed E-state index contributed by atoms with van der Waals surface area (Å²) in [5.74, 6) is 0.320. The summed E-state index contributed by atoms with van der Waals surface area (Å²) in [5.41, 5.74) is 0.950. The highest BCUT2D eigenvalue weighted by Gasteiger charge is 2.09. The predicted octanol–water partition coefficient (Wildman–Crippen LogP) is 2.71. The molecule has 1 amide bonds. The number of carboxylic acid groups (broad SMARTS) is 1. The zero-order valence-corrected chi connectivity index (χ0v) is 14.3. The Hall–Kier alpha value is -2.54. The number of benzene rings is 1. The Kier molecular flexibility index (Phi) is 6.20. The first-order valence-electron chi connectivity index (χ1n) is 7.32. The van der Waals surface area contributed by atoms with Crippen molar-refractivity contribution in [1.29, 1.82) is 0 Å². The third kappa shape index (κ3) is 4.99. The summed E-state index contributed by atoms with van der Waals surface area (Å²) in [5, 5.41) is 11.7. The lowest BCUT2D eigenvalue weighted by Crippen LogP contribution is -2.22. The molecule has 0 aliphatic carbocycles. The number of aryl methyl sites for hydroxylation is 1. The molecule has 0 atom stereocenters. The number of carboxylic acids is 1. The third-order valence-electron chi connectivity index (χ3n) is 3.38. The number of rotatable bonds is 8. The van der Waals surface area contributed by atoms with Crippen LogP contribution in [-0.4, -0.2) is 31.2 Å². The second-order valence-electron chi connectivity index (χ2n) is 5.07. The van der Waals surface area contributed by atoms with E-state index in [9.17, 15) is 9.59 Å². The SMILES string of the molecule is COc1cc(CCC(=O)NCc2ccc(C(=O)O)s2)cc(OC)c1. The Morgan fingerprint density at radius 3 is 2.33 bits per heavy atom. The van der Waals surface area contributed by atoms with Gasteiger partial charge in [0.2, 0.25) is 5.91 Å². The Balaban J connectivity index is 1.85. The number of nitrogens with one attached hydrogen (secondary N) is 1. The molecule has 0 radical (unpaired) electrons. The van der Waals surface area contributed by atoms with Crippen molar-refractivity contribution in [3.8, 4) is 11.5 Å². The number of hydrogen-bond donors (Lipinski definition) is 2. The molecule has 0 fully saturated rings. The van der Waals surface area contributed by atoms with Crippen LogP contribution >= 0.6 is 11.3 Å². The number of carbonyl (C=O) groups is 2. The van der Waals surface area contributed by atoms with Crippen LogP contribution in [0.15, 0.2) is 30.3 Å². The van der Waals surface area contributed by atoms with Crippen LogP contribution in [0.3, 0.4) is 0 Å². The quantitative estimate of drug-likeness (QED) is 0.765. The van der Waals surface area contributed by atoms with Crippen molar-refractivity contribution in [3.05, 3.63) is 45.6 Å². The average molecular weight is 349 g/mol. The fourth-order valence-electron chi connectivity index (χ4n) is 2.13. The molecule has 1 aromatic carbocycles. The van der Waals surface area contributed by atoms with Gasteiger partial charge in [-0.2, -0.15) is 0 Å². The lowest BCUT2D eigenvalue weighted by atomic mass is 10.1. The smallest absolute Gasteiger partial charge is 0.345 e. The zero-order valence-electron chi connectivity index (χ0n) is 13.5. The second kappa shape index (κ2) is 8.35. The molecule has 128 valence electrons. The van der Waals surface area contributed by atoms with E-state index in [4.69, 9.17) is 14.6 Å². The van der Waals surface area contributed by atoms with Gasteiger partial charge < -0.3 is 19.9 Å². The highest BCUT2D eigenvalue weighted by Crippen LogP contribution is 2.23. The van der Waals surface area contributed by atoms with E-state index in [0.717, 1.165) is 21.8 Å². The maximum atomic E-state index is 12.0. The molecule has 0 aliphatic heterocycles. The number of carbonyl (C=O) groups excluding carboxylic acids is 1. The predicted molar refractivity (Wildman–Crippen MR) is 91.0 cm³/mol. The van der Waals surface area contributed by atoms with Crippen molar-refractivity contribution >= 4 is 23.2 Å². The largest absolute Gasteiger partial charge is 0.497 e. The zero-order chi connectivity index (χ0) is 17.5. The molecule has 24 heavy (non-hydrogen) atoms. The van der Waals surface area contributed by atoms with Crippen LogP contribution in [0.2, 0.25) is 0 Å². The first-order chi connectivity index (χ1) is 11.5. The van der Waals surface area contributed by atoms with E-state index in [1.54, 1.807) is 26.4 Å². The van der Waals surface area contributed by atoms with Crippen molar-refractivity contribution in [2.75, 3.05) is 14.2 Å². The van der Waals surface area contributed by atoms with Crippen molar-refractivity contribution in [3.63, 3.8) is 0 Å². The Morgan fingerprint density at radius 2 is 1.79 bits per heavy atom. The summed E-state index contributed by atoms with van der Waals surface area (Å²) < 4.78 is 10.4. The molecule has 0 saturated heterocycles. The Labute approximate surface area is 144 Å². The lowest BCUT2D eigenvalue weighted by molar-refractivity contribution is -0.121. The van der Waals surface area contributed by atoms with Gasteiger partial charge in [0.15, 0.2) is 0 Å². The van der Waals surface area contributed by atoms with Crippen LogP contribution in [0.5, 0.6) is 11.5 Å². The minimum Gasteiger partial charge on any atom is -0.497 e. The van der Waals surface area contributed by atoms with Crippen molar-refractivity contribution in [2.24, 2.45) is 0 Å². The molecule has 1 aromatic heterocycles. The molecule has 7 heteroatoms. The monoisotopic (exact) mass is 349 g/mol. The van der Waals surface area contributed by atoms with E-state index in [1.807, 2.05) is 12.1 Å². The number of methoxy groups -OCH3 is 2. The maximum absolute atomic E-state index is 12.0. The number of amides is 1. The Morgan fingerprint density at radius 1 is 1.12 bits per heavy atom. The van der Waals surface area contributed by atoms with E-state index >= 15 is 0 Å². The van der Waals surface area contributed by atoms with Gasteiger partial charge in [0.05, 0.1) is 20.8 Å². The number of ether oxygens (including phenoxy) is 2. The average Bonchev–Trinajstić information content (AvgIpc) is 3.07. The Bertz CT molecular complexity index is 703. The molecule has 0 aliphatic rings. The standard InChI is InChI=1S/C17H19NO5S/c1-22-12-7-11(8-13(9-12)23-2)3-6-16(19)18-10-14-4-5-15(24-14)17(20)21/h4-5,7-9H,3,6,10H2,1-2H3,(H,18,19)(H,20,21). The first kappa shape index (κ1) is 17.8. The minimum atomic E-state index is -0.954. The third-order valence-corrected chi connectivity index (χ3v) is 4.46. The molecule has 0 unspecified atom stereocenters. The molecule has 2 aromatic rings. The summed E-state index contributed by atoms with van der Waals surface area (Å²) in [6, 6.07) is 8.77. The highest BCUT2D eigenvalue weighted by molar-refractivity contribution is 7.13. The number of aromatic carboxylic acids is 1. The summed E-state index contributed by atoms with van der Waals surface area (Å²) in [7, 11) is 3.16. The molecule has 6 nitrogen and oxygen atoms in total. The van der Waals surface area contributed by atoms with Gasteiger partial charge in [-0.15, -0.1) is 11.3 Å². The maximum Gasteiger partial charge on any atom is 0.345 e. The molecule has 0 spiro atoms. The van der Waals surface area contributed by atoms with Crippen molar-refractivity contribution < 1.29 is 24.2 Å². The van der Waals surface area contributed by atoms with Crippen LogP contribution in [0.4, 0.5) is 0 Å². The molecule has 2 N–H and O–H groups in total. The van der Waals surface area contributed by atoms with Gasteiger partial charge >= 0.3 is 5.97 Å². The summed E-state index contributed by atoms with van der Waals surface area (Å²) >= 11 is 1.16. The van der Waals surface area contributed by atoms with Crippen LogP contribution in [0.25, 0.3) is 0 Å². The van der Waals surface area contributed by atoms with E-state index in [0.29, 0.717) is 30.9 Å². The first-order valence-corrected chi connectivity index (χ1v) is 8.14. The second-order valence-corrected chi connectivity index (χ2v) is 6.24. The van der Waals surface area contributed by atoms with E-state index < -0.39 is 5.97 Å². The number of thiophene rings is 1. The van der Waals surface area contributed by atoms with Gasteiger partial charge in [0.1, 0.15) is 16.4 Å². The molecular formula is C17H19NO5S. The molecule has 1 heterocycles. The van der Waals surface area contributed by atoms with Gasteiger partial charge in [-0.3, -0.25) is 4.79 Å². The fraction of sp³-hybridized carbons (Fsp3) is 0.294. The van der Waals surface area contributed by atoms with Gasteiger partial charge in [0.25, 0.3) is 0 Å². The molecular weight excluding hydrogens is 330 g/mol. The normalized spacial score (nSPS) is 10.2. The summed E-state index contributed by atoms with van der Waals surface area (Å²) in [4.78, 5) is 23.8.